The van der Waals surface area contributed by atoms with Crippen LogP contribution < -0.4 is 5.32 Å². The van der Waals surface area contributed by atoms with Crippen molar-refractivity contribution < 1.29 is 14.3 Å². The maximum atomic E-state index is 12.9. The molecule has 0 spiro atoms. The zero-order valence-corrected chi connectivity index (χ0v) is 23.2. The largest absolute Gasteiger partial charge is 0.464 e. The van der Waals surface area contributed by atoms with E-state index in [1.165, 1.54) is 18.1 Å². The van der Waals surface area contributed by atoms with Gasteiger partial charge in [0.15, 0.2) is 0 Å². The first-order valence-electron chi connectivity index (χ1n) is 13.5. The van der Waals surface area contributed by atoms with Crippen molar-refractivity contribution in [1.29, 1.82) is 0 Å². The van der Waals surface area contributed by atoms with Gasteiger partial charge in [-0.1, -0.05) is 36.4 Å². The molecule has 0 radical (unpaired) electrons. The van der Waals surface area contributed by atoms with Gasteiger partial charge in [0.05, 0.1) is 0 Å². The van der Waals surface area contributed by atoms with E-state index in [-0.39, 0.29) is 18.0 Å². The van der Waals surface area contributed by atoms with Crippen LogP contribution >= 0.6 is 11.6 Å². The number of H-pyrrole nitrogens is 1. The highest BCUT2D eigenvalue weighted by atomic mass is 35.5. The summed E-state index contributed by atoms with van der Waals surface area (Å²) in [4.78, 5) is 32.2. The summed E-state index contributed by atoms with van der Waals surface area (Å²) in [6.07, 6.45) is 13.9. The zero-order valence-electron chi connectivity index (χ0n) is 22.4. The number of hydrogen-bond donors (Lipinski definition) is 2. The number of rotatable bonds is 8. The molecule has 38 heavy (non-hydrogen) atoms. The third-order valence-corrected chi connectivity index (χ3v) is 8.32. The lowest BCUT2D eigenvalue weighted by Crippen LogP contribution is -2.51. The fourth-order valence-corrected chi connectivity index (χ4v) is 5.87. The Hall–Kier alpha value is -3.03. The summed E-state index contributed by atoms with van der Waals surface area (Å²) in [6.45, 7) is 10.9. The van der Waals surface area contributed by atoms with E-state index in [0.29, 0.717) is 36.6 Å². The van der Waals surface area contributed by atoms with Gasteiger partial charge in [0.1, 0.15) is 6.61 Å². The highest BCUT2D eigenvalue weighted by Gasteiger charge is 2.35. The first-order chi connectivity index (χ1) is 18.4. The minimum absolute atomic E-state index is 0.0877. The van der Waals surface area contributed by atoms with Crippen LogP contribution in [0.4, 0.5) is 10.5 Å². The van der Waals surface area contributed by atoms with Crippen molar-refractivity contribution in [2.45, 2.75) is 51.5 Å². The van der Waals surface area contributed by atoms with Crippen LogP contribution in [0, 0.1) is 12.8 Å². The molecule has 1 aromatic carbocycles. The molecule has 1 atom stereocenters. The molecule has 2 aliphatic rings. The minimum Gasteiger partial charge on any atom is -0.464 e. The maximum absolute atomic E-state index is 12.9. The number of aromatic amines is 1. The average molecular weight is 539 g/mol. The predicted octanol–water partition coefficient (Wildman–Crippen LogP) is 6.23. The molecule has 1 aromatic heterocycles. The molecule has 0 saturated carbocycles. The van der Waals surface area contributed by atoms with Crippen molar-refractivity contribution in [1.82, 2.24) is 14.8 Å². The number of benzene rings is 1. The molecule has 2 aromatic rings. The average Bonchev–Trinajstić information content (AvgIpc) is 3.39. The quantitative estimate of drug-likeness (QED) is 0.308. The van der Waals surface area contributed by atoms with Crippen LogP contribution in [0.1, 0.15) is 55.2 Å². The summed E-state index contributed by atoms with van der Waals surface area (Å²) in [6, 6.07) is 5.59. The Balaban J connectivity index is 1.34. The van der Waals surface area contributed by atoms with E-state index in [9.17, 15) is 9.59 Å². The minimum atomic E-state index is -0.245. The molecule has 7 nitrogen and oxygen atoms in total. The predicted molar refractivity (Wildman–Crippen MR) is 153 cm³/mol. The molecule has 3 heterocycles. The summed E-state index contributed by atoms with van der Waals surface area (Å²) < 4.78 is 5.54. The van der Waals surface area contributed by atoms with E-state index in [2.05, 4.69) is 34.1 Å². The van der Waals surface area contributed by atoms with E-state index in [4.69, 9.17) is 16.3 Å². The second-order valence-electron chi connectivity index (χ2n) is 10.4. The number of aromatic nitrogens is 1. The van der Waals surface area contributed by atoms with Crippen molar-refractivity contribution in [2.75, 3.05) is 38.1 Å². The first-order valence-corrected chi connectivity index (χ1v) is 13.9. The number of anilines is 1. The third-order valence-electron chi connectivity index (χ3n) is 7.90. The number of likely N-dealkylation sites (tertiary alicyclic amines) is 2. The van der Waals surface area contributed by atoms with E-state index >= 15 is 0 Å². The second kappa shape index (κ2) is 13.2. The molecule has 2 fully saturated rings. The van der Waals surface area contributed by atoms with E-state index < -0.39 is 0 Å². The molecular formula is C30H39ClN4O3. The van der Waals surface area contributed by atoms with Crippen LogP contribution in [0.25, 0.3) is 6.08 Å². The fraction of sp³-hybridized carbons (Fsp3) is 0.467. The van der Waals surface area contributed by atoms with Crippen LogP contribution in [-0.2, 0) is 9.53 Å². The van der Waals surface area contributed by atoms with Crippen molar-refractivity contribution >= 4 is 35.4 Å². The molecule has 2 aliphatic heterocycles. The van der Waals surface area contributed by atoms with E-state index in [1.807, 2.05) is 36.2 Å². The lowest BCUT2D eigenvalue weighted by molar-refractivity contribution is -0.144. The molecule has 2 amide bonds. The number of nitrogens with zero attached hydrogens (tertiary/aromatic N) is 2. The van der Waals surface area contributed by atoms with E-state index in [0.717, 1.165) is 50.0 Å². The van der Waals surface area contributed by atoms with Crippen molar-refractivity contribution in [2.24, 2.45) is 5.92 Å². The van der Waals surface area contributed by atoms with Gasteiger partial charge < -0.3 is 19.9 Å². The molecule has 8 heteroatoms. The number of carbonyl (C=O) groups excluding carboxylic acids is 2. The van der Waals surface area contributed by atoms with Crippen molar-refractivity contribution in [3.63, 3.8) is 0 Å². The Morgan fingerprint density at radius 1 is 1.18 bits per heavy atom. The second-order valence-corrected chi connectivity index (χ2v) is 10.8. The molecule has 2 saturated heterocycles. The molecule has 2 N–H and O–H groups in total. The number of ether oxygens (including phenoxy) is 1. The van der Waals surface area contributed by atoms with Crippen LogP contribution in [-0.4, -0.2) is 65.6 Å². The molecule has 204 valence electrons. The Labute approximate surface area is 230 Å². The number of amides is 2. The lowest BCUT2D eigenvalue weighted by atomic mass is 9.84. The summed E-state index contributed by atoms with van der Waals surface area (Å²) in [5.74, 6) is 0.621. The van der Waals surface area contributed by atoms with Crippen LogP contribution in [0.15, 0.2) is 49.3 Å². The number of halogens is 1. The van der Waals surface area contributed by atoms with Crippen LogP contribution in [0.3, 0.4) is 0 Å². The number of hydrogen-bond acceptors (Lipinski definition) is 4. The zero-order chi connectivity index (χ0) is 27.1. The van der Waals surface area contributed by atoms with Gasteiger partial charge in [0.2, 0.25) is 0 Å². The highest BCUT2D eigenvalue weighted by molar-refractivity contribution is 6.31. The number of piperidine rings is 2. The van der Waals surface area contributed by atoms with Gasteiger partial charge in [0, 0.05) is 49.2 Å². The Morgan fingerprint density at radius 3 is 2.58 bits per heavy atom. The maximum Gasteiger partial charge on any atom is 0.321 e. The highest BCUT2D eigenvalue weighted by Crippen LogP contribution is 2.34. The summed E-state index contributed by atoms with van der Waals surface area (Å²) in [5, 5.41) is 3.68. The van der Waals surface area contributed by atoms with Gasteiger partial charge in [-0.2, -0.15) is 0 Å². The van der Waals surface area contributed by atoms with Gasteiger partial charge in [-0.25, -0.2) is 4.79 Å². The van der Waals surface area contributed by atoms with Gasteiger partial charge in [-0.15, -0.1) is 0 Å². The Bertz CT molecular complexity index is 1140. The van der Waals surface area contributed by atoms with Crippen LogP contribution in [0.2, 0.25) is 5.02 Å². The molecular weight excluding hydrogens is 500 g/mol. The standard InChI is InChI=1S/C30H39ClN4O3/c1-4-5-6-25-18-32-19-27(25)23-9-13-34(14-10-23)29(20-38-22(3)36)24-11-15-35(16-12-24)30(37)33-26-7-8-28(31)21(2)17-26/h4-8,17-19,23-24,29,32H,1,9-16,20H2,2-3H3,(H,33,37)/b6-5-. The molecule has 0 aliphatic carbocycles. The van der Waals surface area contributed by atoms with Gasteiger partial charge in [-0.3, -0.25) is 9.69 Å². The molecule has 4 rings (SSSR count). The summed E-state index contributed by atoms with van der Waals surface area (Å²) in [7, 11) is 0. The Morgan fingerprint density at radius 2 is 1.92 bits per heavy atom. The Kier molecular flexibility index (Phi) is 9.69. The van der Waals surface area contributed by atoms with Crippen molar-refractivity contribution in [3.8, 4) is 0 Å². The normalized spacial score (nSPS) is 18.4. The van der Waals surface area contributed by atoms with Gasteiger partial charge >= 0.3 is 12.0 Å². The third kappa shape index (κ3) is 7.08. The molecule has 0 bridgehead atoms. The number of aryl methyl sites for hydroxylation is 1. The number of allylic oxidation sites excluding steroid dienone is 2. The number of carbonyl (C=O) groups is 2. The topological polar surface area (TPSA) is 77.7 Å². The first kappa shape index (κ1) is 28.0. The van der Waals surface area contributed by atoms with Gasteiger partial charge in [-0.05, 0) is 92.4 Å². The summed E-state index contributed by atoms with van der Waals surface area (Å²) >= 11 is 6.11. The smallest absolute Gasteiger partial charge is 0.321 e. The number of esters is 1. The fourth-order valence-electron chi connectivity index (χ4n) is 5.75. The summed E-state index contributed by atoms with van der Waals surface area (Å²) in [5.41, 5.74) is 4.26. The number of urea groups is 1. The van der Waals surface area contributed by atoms with Crippen LogP contribution in [0.5, 0.6) is 0 Å². The SMILES string of the molecule is C=C/C=C\c1c[nH]cc1C1CCN(C(COC(C)=O)C2CCN(C(=O)Nc3ccc(Cl)c(C)c3)CC2)CC1. The lowest BCUT2D eigenvalue weighted by Gasteiger charge is -2.43. The monoisotopic (exact) mass is 538 g/mol. The van der Waals surface area contributed by atoms with Gasteiger partial charge in [0.25, 0.3) is 0 Å². The van der Waals surface area contributed by atoms with E-state index in [1.54, 1.807) is 12.1 Å². The van der Waals surface area contributed by atoms with Crippen molar-refractivity contribution in [3.05, 3.63) is 71.0 Å². The molecule has 1 unspecified atom stereocenters. The number of nitrogens with one attached hydrogen (secondary N) is 2.